The highest BCUT2D eigenvalue weighted by Gasteiger charge is 2.31. The zero-order valence-electron chi connectivity index (χ0n) is 10.7. The molecule has 3 unspecified atom stereocenters. The van der Waals surface area contributed by atoms with E-state index in [-0.39, 0.29) is 11.7 Å². The van der Waals surface area contributed by atoms with Crippen molar-refractivity contribution in [2.45, 2.75) is 33.1 Å². The zero-order valence-corrected chi connectivity index (χ0v) is 11.5. The van der Waals surface area contributed by atoms with Crippen molar-refractivity contribution >= 4 is 17.1 Å². The number of ketones is 1. The van der Waals surface area contributed by atoms with Crippen molar-refractivity contribution in [1.29, 1.82) is 0 Å². The van der Waals surface area contributed by atoms with Gasteiger partial charge < -0.3 is 4.74 Å². The summed E-state index contributed by atoms with van der Waals surface area (Å²) >= 11 is 1.50. The summed E-state index contributed by atoms with van der Waals surface area (Å²) in [7, 11) is 1.63. The summed E-state index contributed by atoms with van der Waals surface area (Å²) in [4.78, 5) is 13.2. The molecule has 3 atom stereocenters. The number of ether oxygens (including phenoxy) is 1. The van der Waals surface area contributed by atoms with Crippen molar-refractivity contribution < 1.29 is 9.53 Å². The van der Waals surface area contributed by atoms with Crippen LogP contribution in [0.15, 0.2) is 11.4 Å². The number of Topliss-reactive ketones (excluding diaryl/α,β-unsaturated/α-hetero) is 1. The van der Waals surface area contributed by atoms with Crippen molar-refractivity contribution in [3.8, 4) is 5.75 Å². The van der Waals surface area contributed by atoms with E-state index in [0.29, 0.717) is 5.92 Å². The Bertz CT molecular complexity index is 397. The van der Waals surface area contributed by atoms with Crippen molar-refractivity contribution in [3.05, 3.63) is 16.3 Å². The molecule has 2 nitrogen and oxygen atoms in total. The highest BCUT2D eigenvalue weighted by Crippen LogP contribution is 2.37. The first-order chi connectivity index (χ1) is 8.13. The lowest BCUT2D eigenvalue weighted by molar-refractivity contribution is 0.0839. The van der Waals surface area contributed by atoms with Gasteiger partial charge in [-0.15, -0.1) is 11.3 Å². The summed E-state index contributed by atoms with van der Waals surface area (Å²) in [6.07, 6.45) is 3.23. The van der Waals surface area contributed by atoms with Crippen molar-refractivity contribution in [3.63, 3.8) is 0 Å². The first kappa shape index (κ1) is 12.6. The van der Waals surface area contributed by atoms with Crippen LogP contribution in [0.3, 0.4) is 0 Å². The number of carbonyl (C=O) groups excluding carboxylic acids is 1. The second-order valence-corrected chi connectivity index (χ2v) is 6.06. The minimum Gasteiger partial charge on any atom is -0.495 e. The second kappa shape index (κ2) is 5.21. The van der Waals surface area contributed by atoms with Crippen molar-refractivity contribution in [2.24, 2.45) is 17.8 Å². The number of carbonyl (C=O) groups is 1. The normalized spacial score (nSPS) is 29.0. The van der Waals surface area contributed by atoms with Crippen LogP contribution in [0.1, 0.15) is 42.8 Å². The van der Waals surface area contributed by atoms with Gasteiger partial charge in [-0.2, -0.15) is 0 Å². The molecule has 2 rings (SSSR count). The van der Waals surface area contributed by atoms with Gasteiger partial charge in [0.1, 0.15) is 10.6 Å². The lowest BCUT2D eigenvalue weighted by Crippen LogP contribution is -2.26. The van der Waals surface area contributed by atoms with Crippen LogP contribution < -0.4 is 4.74 Å². The number of hydrogen-bond donors (Lipinski definition) is 0. The standard InChI is InChI=1S/C14H20O2S/c1-9-4-5-11(8-10(9)2)13(15)14-12(16-3)6-7-17-14/h6-7,9-11H,4-5,8H2,1-3H3. The molecule has 3 heteroatoms. The van der Waals surface area contributed by atoms with E-state index >= 15 is 0 Å². The Balaban J connectivity index is 2.10. The van der Waals surface area contributed by atoms with Gasteiger partial charge in [0.05, 0.1) is 7.11 Å². The van der Waals surface area contributed by atoms with Crippen molar-refractivity contribution in [2.75, 3.05) is 7.11 Å². The van der Waals surface area contributed by atoms with Crippen LogP contribution in [0.5, 0.6) is 5.75 Å². The molecule has 1 saturated carbocycles. The molecule has 17 heavy (non-hydrogen) atoms. The molecule has 1 fully saturated rings. The first-order valence-electron chi connectivity index (χ1n) is 6.29. The van der Waals surface area contributed by atoms with Gasteiger partial charge in [0.25, 0.3) is 0 Å². The van der Waals surface area contributed by atoms with E-state index in [1.807, 2.05) is 11.4 Å². The molecule has 0 spiro atoms. The Hall–Kier alpha value is -0.830. The van der Waals surface area contributed by atoms with Gasteiger partial charge in [-0.1, -0.05) is 13.8 Å². The summed E-state index contributed by atoms with van der Waals surface area (Å²) in [5.41, 5.74) is 0. The molecule has 1 aliphatic rings. The summed E-state index contributed by atoms with van der Waals surface area (Å²) in [5.74, 6) is 2.64. The maximum Gasteiger partial charge on any atom is 0.179 e. The topological polar surface area (TPSA) is 26.3 Å². The van der Waals surface area contributed by atoms with Gasteiger partial charge in [-0.05, 0) is 42.5 Å². The molecular weight excluding hydrogens is 232 g/mol. The smallest absolute Gasteiger partial charge is 0.179 e. The number of methoxy groups -OCH3 is 1. The van der Waals surface area contributed by atoms with Crippen LogP contribution in [0.2, 0.25) is 0 Å². The Morgan fingerprint density at radius 3 is 2.76 bits per heavy atom. The van der Waals surface area contributed by atoms with E-state index in [9.17, 15) is 4.79 Å². The van der Waals surface area contributed by atoms with Gasteiger partial charge in [0.15, 0.2) is 5.78 Å². The summed E-state index contributed by atoms with van der Waals surface area (Å²) in [5, 5.41) is 1.93. The Labute approximate surface area is 107 Å². The summed E-state index contributed by atoms with van der Waals surface area (Å²) in [6.45, 7) is 4.55. The van der Waals surface area contributed by atoms with E-state index < -0.39 is 0 Å². The lowest BCUT2D eigenvalue weighted by Gasteiger charge is -2.31. The number of hydrogen-bond acceptors (Lipinski definition) is 3. The lowest BCUT2D eigenvalue weighted by atomic mass is 9.74. The molecule has 0 N–H and O–H groups in total. The van der Waals surface area contributed by atoms with Crippen molar-refractivity contribution in [1.82, 2.24) is 0 Å². The number of rotatable bonds is 3. The zero-order chi connectivity index (χ0) is 12.4. The molecule has 0 aliphatic heterocycles. The minimum atomic E-state index is 0.203. The fourth-order valence-electron chi connectivity index (χ4n) is 2.61. The summed E-state index contributed by atoms with van der Waals surface area (Å²) in [6, 6.07) is 1.88. The maximum atomic E-state index is 12.4. The molecule has 1 heterocycles. The molecule has 0 saturated heterocycles. The Morgan fingerprint density at radius 1 is 1.35 bits per heavy atom. The highest BCUT2D eigenvalue weighted by atomic mass is 32.1. The van der Waals surface area contributed by atoms with E-state index in [2.05, 4.69) is 13.8 Å². The second-order valence-electron chi connectivity index (χ2n) is 5.15. The molecule has 1 aromatic rings. The average Bonchev–Trinajstić information content (AvgIpc) is 2.80. The van der Waals surface area contributed by atoms with Crippen LogP contribution in [-0.4, -0.2) is 12.9 Å². The number of thiophene rings is 1. The maximum absolute atomic E-state index is 12.4. The monoisotopic (exact) mass is 252 g/mol. The van der Waals surface area contributed by atoms with Gasteiger partial charge in [-0.3, -0.25) is 4.79 Å². The van der Waals surface area contributed by atoms with E-state index in [1.54, 1.807) is 7.11 Å². The largest absolute Gasteiger partial charge is 0.495 e. The van der Waals surface area contributed by atoms with E-state index in [1.165, 1.54) is 17.8 Å². The van der Waals surface area contributed by atoms with Gasteiger partial charge in [0.2, 0.25) is 0 Å². The molecule has 94 valence electrons. The molecule has 0 amide bonds. The molecule has 1 aliphatic carbocycles. The average molecular weight is 252 g/mol. The van der Waals surface area contributed by atoms with Crippen LogP contribution in [-0.2, 0) is 0 Å². The van der Waals surface area contributed by atoms with E-state index in [4.69, 9.17) is 4.74 Å². The van der Waals surface area contributed by atoms with Crippen LogP contribution in [0, 0.1) is 17.8 Å². The van der Waals surface area contributed by atoms with Gasteiger partial charge in [0, 0.05) is 5.92 Å². The fraction of sp³-hybridized carbons (Fsp3) is 0.643. The molecule has 0 radical (unpaired) electrons. The molecular formula is C14H20O2S. The fourth-order valence-corrected chi connectivity index (χ4v) is 3.49. The van der Waals surface area contributed by atoms with Crippen LogP contribution in [0.25, 0.3) is 0 Å². The quantitative estimate of drug-likeness (QED) is 0.760. The first-order valence-corrected chi connectivity index (χ1v) is 7.17. The Kier molecular flexibility index (Phi) is 3.87. The third-order valence-corrected chi connectivity index (χ3v) is 4.95. The third kappa shape index (κ3) is 2.54. The predicted octanol–water partition coefficient (Wildman–Crippen LogP) is 4.01. The molecule has 0 aromatic carbocycles. The highest BCUT2D eigenvalue weighted by molar-refractivity contribution is 7.12. The SMILES string of the molecule is COc1ccsc1C(=O)C1CCC(C)C(C)C1. The predicted molar refractivity (Wildman–Crippen MR) is 70.9 cm³/mol. The third-order valence-electron chi connectivity index (χ3n) is 4.04. The van der Waals surface area contributed by atoms with Gasteiger partial charge in [-0.25, -0.2) is 0 Å². The van der Waals surface area contributed by atoms with Crippen LogP contribution >= 0.6 is 11.3 Å². The Morgan fingerprint density at radius 2 is 2.12 bits per heavy atom. The minimum absolute atomic E-state index is 0.203. The van der Waals surface area contributed by atoms with E-state index in [0.717, 1.165) is 29.4 Å². The molecule has 1 aromatic heterocycles. The van der Waals surface area contributed by atoms with Gasteiger partial charge >= 0.3 is 0 Å². The molecule has 0 bridgehead atoms. The summed E-state index contributed by atoms with van der Waals surface area (Å²) < 4.78 is 5.23. The van der Waals surface area contributed by atoms with Crippen LogP contribution in [0.4, 0.5) is 0 Å².